The molecule has 1 fully saturated rings. The second-order valence-electron chi connectivity index (χ2n) is 5.86. The van der Waals surface area contributed by atoms with Crippen LogP contribution in [0, 0.1) is 11.7 Å². The molecule has 0 aromatic heterocycles. The summed E-state index contributed by atoms with van der Waals surface area (Å²) in [7, 11) is 0. The van der Waals surface area contributed by atoms with E-state index in [4.69, 9.17) is 5.11 Å². The number of carbonyl (C=O) groups is 1. The predicted octanol–water partition coefficient (Wildman–Crippen LogP) is 3.13. The molecule has 0 spiro atoms. The van der Waals surface area contributed by atoms with Crippen molar-refractivity contribution in [3.8, 4) is 5.75 Å². The maximum atomic E-state index is 13.2. The minimum Gasteiger partial charge on any atom is -0.505 e. The lowest BCUT2D eigenvalue weighted by Gasteiger charge is -2.08. The monoisotopic (exact) mass is 314 g/mol. The Balaban J connectivity index is 1.40. The molecule has 2 aromatic carbocycles. The number of rotatable bonds is 5. The van der Waals surface area contributed by atoms with Gasteiger partial charge in [-0.25, -0.2) is 9.18 Å². The topological polar surface area (TPSA) is 61.4 Å². The third-order valence-electron chi connectivity index (χ3n) is 4.14. The van der Waals surface area contributed by atoms with Crippen LogP contribution in [0.4, 0.5) is 9.18 Å². The van der Waals surface area contributed by atoms with Crippen LogP contribution in [0.25, 0.3) is 0 Å². The highest BCUT2D eigenvalue weighted by molar-refractivity contribution is 5.73. The van der Waals surface area contributed by atoms with E-state index in [1.165, 1.54) is 17.7 Å². The van der Waals surface area contributed by atoms with Gasteiger partial charge in [0.1, 0.15) is 0 Å². The number of urea groups is 1. The third kappa shape index (κ3) is 4.00. The Labute approximate surface area is 134 Å². The van der Waals surface area contributed by atoms with Crippen molar-refractivity contribution >= 4 is 6.03 Å². The Hall–Kier alpha value is -2.56. The summed E-state index contributed by atoms with van der Waals surface area (Å²) >= 11 is 0. The molecule has 0 bridgehead atoms. The first kappa shape index (κ1) is 15.3. The van der Waals surface area contributed by atoms with Crippen molar-refractivity contribution in [1.82, 2.24) is 10.6 Å². The fourth-order valence-electron chi connectivity index (χ4n) is 2.71. The number of nitrogens with one attached hydrogen (secondary N) is 2. The Bertz CT molecular complexity index is 691. The van der Waals surface area contributed by atoms with Crippen molar-refractivity contribution in [3.05, 3.63) is 65.5 Å². The molecule has 4 nitrogen and oxygen atoms in total. The van der Waals surface area contributed by atoms with Crippen molar-refractivity contribution in [2.75, 3.05) is 6.54 Å². The zero-order valence-electron chi connectivity index (χ0n) is 12.6. The summed E-state index contributed by atoms with van der Waals surface area (Å²) in [5.41, 5.74) is 1.92. The van der Waals surface area contributed by atoms with Crippen LogP contribution >= 0.6 is 0 Å². The van der Waals surface area contributed by atoms with Gasteiger partial charge in [0, 0.05) is 13.1 Å². The number of aromatic hydroxyl groups is 1. The summed E-state index contributed by atoms with van der Waals surface area (Å²) in [4.78, 5) is 11.8. The predicted molar refractivity (Wildman–Crippen MR) is 85.6 cm³/mol. The van der Waals surface area contributed by atoms with E-state index in [1.807, 2.05) is 18.2 Å². The van der Waals surface area contributed by atoms with E-state index < -0.39 is 5.82 Å². The van der Waals surface area contributed by atoms with Gasteiger partial charge in [0.2, 0.25) is 0 Å². The van der Waals surface area contributed by atoms with E-state index >= 15 is 0 Å². The van der Waals surface area contributed by atoms with Crippen molar-refractivity contribution in [3.63, 3.8) is 0 Å². The van der Waals surface area contributed by atoms with Gasteiger partial charge in [-0.15, -0.1) is 0 Å². The minimum absolute atomic E-state index is 0.218. The van der Waals surface area contributed by atoms with Crippen LogP contribution in [-0.4, -0.2) is 17.7 Å². The fourth-order valence-corrected chi connectivity index (χ4v) is 2.71. The minimum atomic E-state index is -0.687. The molecule has 2 atom stereocenters. The van der Waals surface area contributed by atoms with Crippen LogP contribution in [0.1, 0.15) is 23.5 Å². The van der Waals surface area contributed by atoms with E-state index in [9.17, 15) is 9.18 Å². The van der Waals surface area contributed by atoms with Crippen LogP contribution in [0.2, 0.25) is 0 Å². The third-order valence-corrected chi connectivity index (χ3v) is 4.14. The molecule has 1 aliphatic carbocycles. The largest absolute Gasteiger partial charge is 0.505 e. The second kappa shape index (κ2) is 6.69. The van der Waals surface area contributed by atoms with Crippen molar-refractivity contribution in [1.29, 1.82) is 0 Å². The van der Waals surface area contributed by atoms with Gasteiger partial charge in [0.05, 0.1) is 0 Å². The Morgan fingerprint density at radius 3 is 2.70 bits per heavy atom. The summed E-state index contributed by atoms with van der Waals surface area (Å²) in [5, 5.41) is 14.6. The van der Waals surface area contributed by atoms with Gasteiger partial charge >= 0.3 is 6.03 Å². The van der Waals surface area contributed by atoms with Gasteiger partial charge in [-0.3, -0.25) is 0 Å². The van der Waals surface area contributed by atoms with Gasteiger partial charge in [0.25, 0.3) is 0 Å². The average Bonchev–Trinajstić information content (AvgIpc) is 3.34. The Morgan fingerprint density at radius 2 is 1.96 bits per heavy atom. The molecule has 1 aliphatic rings. The molecule has 0 heterocycles. The standard InChI is InChI=1S/C18H19FN2O2/c19-16-8-12(6-7-17(16)22)10-20-18(23)21-11-14-9-15(14)13-4-2-1-3-5-13/h1-8,14-15,22H,9-11H2,(H2,20,21,23)/t14-,15-/m0/s1. The highest BCUT2D eigenvalue weighted by Gasteiger charge is 2.37. The molecule has 5 heteroatoms. The van der Waals surface area contributed by atoms with E-state index in [-0.39, 0.29) is 18.3 Å². The smallest absolute Gasteiger partial charge is 0.315 e. The molecule has 120 valence electrons. The van der Waals surface area contributed by atoms with Crippen LogP contribution in [-0.2, 0) is 6.54 Å². The van der Waals surface area contributed by atoms with Gasteiger partial charge in [-0.05, 0) is 41.5 Å². The lowest BCUT2D eigenvalue weighted by molar-refractivity contribution is 0.240. The average molecular weight is 314 g/mol. The second-order valence-corrected chi connectivity index (χ2v) is 5.86. The number of benzene rings is 2. The first-order chi connectivity index (χ1) is 11.1. The highest BCUT2D eigenvalue weighted by atomic mass is 19.1. The summed E-state index contributed by atoms with van der Waals surface area (Å²) < 4.78 is 13.2. The zero-order valence-corrected chi connectivity index (χ0v) is 12.6. The number of hydrogen-bond acceptors (Lipinski definition) is 2. The quantitative estimate of drug-likeness (QED) is 0.794. The zero-order chi connectivity index (χ0) is 16.2. The molecule has 2 amide bonds. The van der Waals surface area contributed by atoms with Crippen molar-refractivity contribution < 1.29 is 14.3 Å². The van der Waals surface area contributed by atoms with E-state index in [2.05, 4.69) is 22.8 Å². The lowest BCUT2D eigenvalue weighted by Crippen LogP contribution is -2.36. The van der Waals surface area contributed by atoms with Crippen LogP contribution < -0.4 is 10.6 Å². The van der Waals surface area contributed by atoms with Crippen LogP contribution in [0.5, 0.6) is 5.75 Å². The first-order valence-corrected chi connectivity index (χ1v) is 7.67. The highest BCUT2D eigenvalue weighted by Crippen LogP contribution is 2.46. The molecule has 0 aliphatic heterocycles. The molecule has 0 saturated heterocycles. The van der Waals surface area contributed by atoms with E-state index in [0.717, 1.165) is 6.42 Å². The molecule has 3 rings (SSSR count). The first-order valence-electron chi connectivity index (χ1n) is 7.67. The number of phenolic OH excluding ortho intramolecular Hbond substituents is 1. The molecule has 1 saturated carbocycles. The maximum absolute atomic E-state index is 13.2. The molecule has 2 aromatic rings. The van der Waals surface area contributed by atoms with Crippen LogP contribution in [0.3, 0.4) is 0 Å². The van der Waals surface area contributed by atoms with Gasteiger partial charge < -0.3 is 15.7 Å². The van der Waals surface area contributed by atoms with E-state index in [1.54, 1.807) is 6.07 Å². The molecule has 3 N–H and O–H groups in total. The number of halogens is 1. The van der Waals surface area contributed by atoms with Gasteiger partial charge in [-0.2, -0.15) is 0 Å². The van der Waals surface area contributed by atoms with Gasteiger partial charge in [-0.1, -0.05) is 36.4 Å². The summed E-state index contributed by atoms with van der Waals surface area (Å²) in [6, 6.07) is 14.1. The van der Waals surface area contributed by atoms with Gasteiger partial charge in [0.15, 0.2) is 11.6 Å². The summed E-state index contributed by atoms with van der Waals surface area (Å²) in [6.07, 6.45) is 1.09. The van der Waals surface area contributed by atoms with Crippen LogP contribution in [0.15, 0.2) is 48.5 Å². The number of hydrogen-bond donors (Lipinski definition) is 3. The fraction of sp³-hybridized carbons (Fsp3) is 0.278. The maximum Gasteiger partial charge on any atom is 0.315 e. The van der Waals surface area contributed by atoms with Crippen molar-refractivity contribution in [2.24, 2.45) is 5.92 Å². The lowest BCUT2D eigenvalue weighted by atomic mass is 10.1. The van der Waals surface area contributed by atoms with Crippen molar-refractivity contribution in [2.45, 2.75) is 18.9 Å². The number of amides is 2. The molecule has 0 unspecified atom stereocenters. The Morgan fingerprint density at radius 1 is 1.17 bits per heavy atom. The number of carbonyl (C=O) groups excluding carboxylic acids is 1. The summed E-state index contributed by atoms with van der Waals surface area (Å²) in [6.45, 7) is 0.852. The molecule has 0 radical (unpaired) electrons. The summed E-state index contributed by atoms with van der Waals surface area (Å²) in [5.74, 6) is -0.0655. The SMILES string of the molecule is O=C(NCc1ccc(O)c(F)c1)NC[C@@H]1C[C@H]1c1ccccc1. The molecule has 23 heavy (non-hydrogen) atoms. The van der Waals surface area contributed by atoms with E-state index in [0.29, 0.717) is 23.9 Å². The molecular weight excluding hydrogens is 295 g/mol. The molecular formula is C18H19FN2O2. The normalized spacial score (nSPS) is 19.2. The Kier molecular flexibility index (Phi) is 4.46. The number of phenols is 1.